The largest absolute Gasteiger partial charge is 0.349 e. The van der Waals surface area contributed by atoms with E-state index < -0.39 is 22.0 Å². The summed E-state index contributed by atoms with van der Waals surface area (Å²) in [5.74, 6) is -0.464. The third-order valence-electron chi connectivity index (χ3n) is 5.76. The van der Waals surface area contributed by atoms with Gasteiger partial charge in [0.1, 0.15) is 6.04 Å². The van der Waals surface area contributed by atoms with Crippen LogP contribution in [0.15, 0.2) is 53.4 Å². The molecule has 2 aromatic carbocycles. The molecule has 0 bridgehead atoms. The molecule has 178 valence electrons. The average Bonchev–Trinajstić information content (AvgIpc) is 3.26. The first kappa shape index (κ1) is 24.9. The molecule has 0 spiro atoms. The number of sulfonamides is 1. The van der Waals surface area contributed by atoms with Crippen molar-refractivity contribution < 1.29 is 18.0 Å². The molecule has 1 aliphatic rings. The van der Waals surface area contributed by atoms with Crippen molar-refractivity contribution in [3.05, 3.63) is 59.7 Å². The summed E-state index contributed by atoms with van der Waals surface area (Å²) < 4.78 is 28.2. The van der Waals surface area contributed by atoms with Crippen molar-refractivity contribution in [2.45, 2.75) is 69.9 Å². The minimum absolute atomic E-state index is 0.100. The average molecular weight is 472 g/mol. The lowest BCUT2D eigenvalue weighted by molar-refractivity contribution is -0.118. The molecule has 1 unspecified atom stereocenters. The van der Waals surface area contributed by atoms with Crippen LogP contribution in [0.1, 0.15) is 61.9 Å². The highest BCUT2D eigenvalue weighted by atomic mass is 32.2. The summed E-state index contributed by atoms with van der Waals surface area (Å²) in [4.78, 5) is 25.5. The molecule has 0 aromatic heterocycles. The highest BCUT2D eigenvalue weighted by Crippen LogP contribution is 2.19. The number of nitrogens with one attached hydrogen (secondary N) is 3. The summed E-state index contributed by atoms with van der Waals surface area (Å²) in [6.07, 6.45) is 4.65. The standard InChI is InChI=1S/C25H33N3O4S/c1-17(2)16-23(28-33(31,32)22-14-8-18(3)9-15-22)25(30)27-21-12-10-19(11-13-21)24(29)26-20-6-4-5-7-20/h8-15,17,20,23,28H,4-7,16H2,1-3H3,(H,26,29)(H,27,30). The van der Waals surface area contributed by atoms with Crippen molar-refractivity contribution in [2.24, 2.45) is 5.92 Å². The number of aryl methyl sites for hydroxylation is 1. The van der Waals surface area contributed by atoms with E-state index in [1.54, 1.807) is 36.4 Å². The summed E-state index contributed by atoms with van der Waals surface area (Å²) in [7, 11) is -3.85. The van der Waals surface area contributed by atoms with Crippen molar-refractivity contribution in [3.63, 3.8) is 0 Å². The first-order valence-electron chi connectivity index (χ1n) is 11.4. The Labute approximate surface area is 196 Å². The van der Waals surface area contributed by atoms with Gasteiger partial charge in [0.2, 0.25) is 15.9 Å². The lowest BCUT2D eigenvalue weighted by atomic mass is 10.0. The Hall–Kier alpha value is -2.71. The normalized spacial score (nSPS) is 15.4. The number of carbonyl (C=O) groups excluding carboxylic acids is 2. The molecule has 33 heavy (non-hydrogen) atoms. The van der Waals surface area contributed by atoms with Crippen LogP contribution in [0, 0.1) is 12.8 Å². The van der Waals surface area contributed by atoms with Crippen LogP contribution in [0.5, 0.6) is 0 Å². The second kappa shape index (κ2) is 10.9. The molecule has 1 atom stereocenters. The molecule has 2 amide bonds. The third-order valence-corrected chi connectivity index (χ3v) is 7.24. The van der Waals surface area contributed by atoms with Gasteiger partial charge in [0.25, 0.3) is 5.91 Å². The number of anilines is 1. The van der Waals surface area contributed by atoms with Gasteiger partial charge in [-0.15, -0.1) is 0 Å². The molecular formula is C25H33N3O4S. The van der Waals surface area contributed by atoms with Crippen LogP contribution in [0.4, 0.5) is 5.69 Å². The van der Waals surface area contributed by atoms with Gasteiger partial charge in [-0.2, -0.15) is 4.72 Å². The van der Waals surface area contributed by atoms with E-state index in [1.807, 2.05) is 20.8 Å². The Morgan fingerprint density at radius 2 is 1.58 bits per heavy atom. The first-order chi connectivity index (χ1) is 15.6. The van der Waals surface area contributed by atoms with Gasteiger partial charge < -0.3 is 10.6 Å². The molecule has 0 aliphatic heterocycles. The molecule has 8 heteroatoms. The molecule has 0 radical (unpaired) electrons. The predicted molar refractivity (Wildman–Crippen MR) is 130 cm³/mol. The van der Waals surface area contributed by atoms with Crippen LogP contribution < -0.4 is 15.4 Å². The maximum absolute atomic E-state index is 12.9. The summed E-state index contributed by atoms with van der Waals surface area (Å²) in [5.41, 5.74) is 1.98. The van der Waals surface area contributed by atoms with E-state index in [1.165, 1.54) is 12.1 Å². The van der Waals surface area contributed by atoms with Gasteiger partial charge in [0.05, 0.1) is 4.90 Å². The molecule has 7 nitrogen and oxygen atoms in total. The fourth-order valence-corrected chi connectivity index (χ4v) is 5.13. The maximum atomic E-state index is 12.9. The summed E-state index contributed by atoms with van der Waals surface area (Å²) in [5, 5.41) is 5.81. The SMILES string of the molecule is Cc1ccc(S(=O)(=O)NC(CC(C)C)C(=O)Nc2ccc(C(=O)NC3CCCC3)cc2)cc1. The van der Waals surface area contributed by atoms with E-state index in [4.69, 9.17) is 0 Å². The van der Waals surface area contributed by atoms with Crippen LogP contribution in [0.3, 0.4) is 0 Å². The fourth-order valence-electron chi connectivity index (χ4n) is 3.93. The molecule has 3 rings (SSSR count). The zero-order chi connectivity index (χ0) is 24.0. The minimum atomic E-state index is -3.85. The number of carbonyl (C=O) groups is 2. The van der Waals surface area contributed by atoms with Crippen LogP contribution in [-0.4, -0.2) is 32.3 Å². The Morgan fingerprint density at radius 3 is 2.15 bits per heavy atom. The van der Waals surface area contributed by atoms with Gasteiger partial charge in [-0.1, -0.05) is 44.4 Å². The maximum Gasteiger partial charge on any atom is 0.251 e. The highest BCUT2D eigenvalue weighted by molar-refractivity contribution is 7.89. The molecule has 0 saturated heterocycles. The second-order valence-electron chi connectivity index (χ2n) is 9.14. The van der Waals surface area contributed by atoms with Crippen LogP contribution >= 0.6 is 0 Å². The smallest absolute Gasteiger partial charge is 0.251 e. The summed E-state index contributed by atoms with van der Waals surface area (Å²) in [6.45, 7) is 5.74. The molecule has 0 heterocycles. The highest BCUT2D eigenvalue weighted by Gasteiger charge is 2.27. The van der Waals surface area contributed by atoms with E-state index >= 15 is 0 Å². The van der Waals surface area contributed by atoms with Gasteiger partial charge in [-0.05, 0) is 68.5 Å². The van der Waals surface area contributed by atoms with Gasteiger partial charge in [-0.3, -0.25) is 9.59 Å². The second-order valence-corrected chi connectivity index (χ2v) is 10.9. The Morgan fingerprint density at radius 1 is 0.970 bits per heavy atom. The number of benzene rings is 2. The van der Waals surface area contributed by atoms with Gasteiger partial charge in [-0.25, -0.2) is 8.42 Å². The predicted octanol–water partition coefficient (Wildman–Crippen LogP) is 4.00. The van der Waals surface area contributed by atoms with Crippen LogP contribution in [0.2, 0.25) is 0 Å². The zero-order valence-corrected chi connectivity index (χ0v) is 20.2. The molecule has 3 N–H and O–H groups in total. The van der Waals surface area contributed by atoms with E-state index in [-0.39, 0.29) is 22.8 Å². The number of hydrogen-bond acceptors (Lipinski definition) is 4. The molecule has 1 saturated carbocycles. The zero-order valence-electron chi connectivity index (χ0n) is 19.4. The number of amides is 2. The van der Waals surface area contributed by atoms with Gasteiger partial charge in [0.15, 0.2) is 0 Å². The van der Waals surface area contributed by atoms with E-state index in [9.17, 15) is 18.0 Å². The van der Waals surface area contributed by atoms with Crippen molar-refractivity contribution >= 4 is 27.5 Å². The van der Waals surface area contributed by atoms with Gasteiger partial charge >= 0.3 is 0 Å². The van der Waals surface area contributed by atoms with Gasteiger partial charge in [0, 0.05) is 17.3 Å². The first-order valence-corrected chi connectivity index (χ1v) is 12.9. The Bertz CT molecular complexity index is 1060. The monoisotopic (exact) mass is 471 g/mol. The molecular weight excluding hydrogens is 438 g/mol. The summed E-state index contributed by atoms with van der Waals surface area (Å²) in [6, 6.07) is 12.4. The van der Waals surface area contributed by atoms with Crippen LogP contribution in [-0.2, 0) is 14.8 Å². The van der Waals surface area contributed by atoms with Crippen molar-refractivity contribution in [1.29, 1.82) is 0 Å². The molecule has 2 aromatic rings. The summed E-state index contributed by atoms with van der Waals surface area (Å²) >= 11 is 0. The quantitative estimate of drug-likeness (QED) is 0.514. The molecule has 1 fully saturated rings. The van der Waals surface area contributed by atoms with Crippen LogP contribution in [0.25, 0.3) is 0 Å². The number of hydrogen-bond donors (Lipinski definition) is 3. The Kier molecular flexibility index (Phi) is 8.26. The third kappa shape index (κ3) is 7.14. The van der Waals surface area contributed by atoms with Crippen molar-refractivity contribution in [2.75, 3.05) is 5.32 Å². The van der Waals surface area contributed by atoms with Crippen molar-refractivity contribution in [3.8, 4) is 0 Å². The molecule has 1 aliphatic carbocycles. The minimum Gasteiger partial charge on any atom is -0.349 e. The lowest BCUT2D eigenvalue weighted by Gasteiger charge is -2.20. The Balaban J connectivity index is 1.66. The van der Waals surface area contributed by atoms with E-state index in [0.29, 0.717) is 17.7 Å². The number of rotatable bonds is 9. The van der Waals surface area contributed by atoms with E-state index in [0.717, 1.165) is 31.2 Å². The van der Waals surface area contributed by atoms with E-state index in [2.05, 4.69) is 15.4 Å². The topological polar surface area (TPSA) is 104 Å². The lowest BCUT2D eigenvalue weighted by Crippen LogP contribution is -2.44. The fraction of sp³-hybridized carbons (Fsp3) is 0.440. The van der Waals surface area contributed by atoms with Crippen molar-refractivity contribution in [1.82, 2.24) is 10.0 Å².